The van der Waals surface area contributed by atoms with Crippen molar-refractivity contribution in [2.75, 3.05) is 40.1 Å². The molecule has 0 heterocycles. The molecule has 5 heteroatoms. The summed E-state index contributed by atoms with van der Waals surface area (Å²) in [4.78, 5) is 0. The fourth-order valence-electron chi connectivity index (χ4n) is 1.97. The number of hydrogen-bond acceptors (Lipinski definition) is 5. The molecule has 0 radical (unpaired) electrons. The van der Waals surface area contributed by atoms with Crippen molar-refractivity contribution in [3.05, 3.63) is 0 Å². The molecule has 1 fully saturated rings. The van der Waals surface area contributed by atoms with Gasteiger partial charge in [-0.2, -0.15) is 0 Å². The van der Waals surface area contributed by atoms with Gasteiger partial charge < -0.3 is 24.6 Å². The maximum Gasteiger partial charge on any atom is 0.0897 e. The Bertz CT molecular complexity index is 210. The van der Waals surface area contributed by atoms with E-state index in [0.29, 0.717) is 38.5 Å². The van der Waals surface area contributed by atoms with Crippen LogP contribution in [0.4, 0.5) is 0 Å². The molecule has 1 aliphatic rings. The van der Waals surface area contributed by atoms with Crippen LogP contribution in [-0.4, -0.2) is 63.4 Å². The zero-order valence-corrected chi connectivity index (χ0v) is 12.3. The molecular weight excluding hydrogens is 246 g/mol. The number of hydrogen-bond donors (Lipinski definition) is 2. The summed E-state index contributed by atoms with van der Waals surface area (Å²) in [6.07, 6.45) is 4.26. The van der Waals surface area contributed by atoms with Crippen LogP contribution in [0, 0.1) is 0 Å². The highest BCUT2D eigenvalue weighted by Gasteiger charge is 2.28. The Labute approximate surface area is 116 Å². The summed E-state index contributed by atoms with van der Waals surface area (Å²) >= 11 is 0. The van der Waals surface area contributed by atoms with E-state index in [2.05, 4.69) is 12.2 Å². The normalized spacial score (nSPS) is 24.2. The molecule has 1 aliphatic carbocycles. The summed E-state index contributed by atoms with van der Waals surface area (Å²) in [6, 6.07) is 0.483. The molecule has 5 nitrogen and oxygen atoms in total. The van der Waals surface area contributed by atoms with Crippen LogP contribution in [0.2, 0.25) is 0 Å². The van der Waals surface area contributed by atoms with E-state index in [1.165, 1.54) is 0 Å². The molecule has 0 aliphatic heterocycles. The standard InChI is InChI=1S/C14H29NO4/c1-3-4-5-18-6-7-19-11-13(16)10-15-12-8-14(9-12)17-2/h12-16H,3-11H2,1-2H3. The second kappa shape index (κ2) is 10.6. The highest BCUT2D eigenvalue weighted by molar-refractivity contribution is 4.86. The lowest BCUT2D eigenvalue weighted by atomic mass is 9.89. The van der Waals surface area contributed by atoms with Crippen LogP contribution in [0.1, 0.15) is 32.6 Å². The minimum atomic E-state index is -0.447. The van der Waals surface area contributed by atoms with Gasteiger partial charge in [0.15, 0.2) is 0 Å². The largest absolute Gasteiger partial charge is 0.389 e. The average Bonchev–Trinajstić information content (AvgIpc) is 2.36. The van der Waals surface area contributed by atoms with Crippen molar-refractivity contribution in [2.45, 2.75) is 50.9 Å². The second-order valence-electron chi connectivity index (χ2n) is 5.13. The number of ether oxygens (including phenoxy) is 3. The molecule has 0 amide bonds. The van der Waals surface area contributed by atoms with Gasteiger partial charge in [-0.3, -0.25) is 0 Å². The van der Waals surface area contributed by atoms with Crippen molar-refractivity contribution in [1.82, 2.24) is 5.32 Å². The Morgan fingerprint density at radius 3 is 2.63 bits per heavy atom. The van der Waals surface area contributed by atoms with Crippen molar-refractivity contribution < 1.29 is 19.3 Å². The van der Waals surface area contributed by atoms with Crippen molar-refractivity contribution in [3.63, 3.8) is 0 Å². The summed E-state index contributed by atoms with van der Waals surface area (Å²) in [7, 11) is 1.74. The summed E-state index contributed by atoms with van der Waals surface area (Å²) in [5.41, 5.74) is 0. The van der Waals surface area contributed by atoms with Gasteiger partial charge >= 0.3 is 0 Å². The molecule has 0 aromatic heterocycles. The van der Waals surface area contributed by atoms with Crippen molar-refractivity contribution in [2.24, 2.45) is 0 Å². The molecular formula is C14H29NO4. The van der Waals surface area contributed by atoms with Crippen LogP contribution in [-0.2, 0) is 14.2 Å². The molecule has 0 saturated heterocycles. The number of unbranched alkanes of at least 4 members (excludes halogenated alkanes) is 1. The first kappa shape index (κ1) is 16.9. The fourth-order valence-corrected chi connectivity index (χ4v) is 1.97. The highest BCUT2D eigenvalue weighted by Crippen LogP contribution is 2.22. The quantitative estimate of drug-likeness (QED) is 0.519. The molecule has 1 unspecified atom stereocenters. The Kier molecular flexibility index (Phi) is 9.38. The van der Waals surface area contributed by atoms with E-state index in [1.54, 1.807) is 7.11 Å². The van der Waals surface area contributed by atoms with Gasteiger partial charge in [0.25, 0.3) is 0 Å². The fraction of sp³-hybridized carbons (Fsp3) is 1.00. The average molecular weight is 275 g/mol. The minimum absolute atomic E-state index is 0.366. The third-order valence-corrected chi connectivity index (χ3v) is 3.39. The first-order valence-corrected chi connectivity index (χ1v) is 7.36. The third-order valence-electron chi connectivity index (χ3n) is 3.39. The van der Waals surface area contributed by atoms with E-state index in [1.807, 2.05) is 0 Å². The zero-order valence-electron chi connectivity index (χ0n) is 12.3. The molecule has 0 spiro atoms. The lowest BCUT2D eigenvalue weighted by molar-refractivity contribution is -0.00727. The number of rotatable bonds is 12. The predicted molar refractivity (Wildman–Crippen MR) is 74.4 cm³/mol. The van der Waals surface area contributed by atoms with Crippen LogP contribution in [0.25, 0.3) is 0 Å². The number of nitrogens with one attached hydrogen (secondary N) is 1. The number of aliphatic hydroxyl groups excluding tert-OH is 1. The third kappa shape index (κ3) is 7.84. The van der Waals surface area contributed by atoms with E-state index in [0.717, 1.165) is 32.3 Å². The maximum atomic E-state index is 9.72. The maximum absolute atomic E-state index is 9.72. The molecule has 0 bridgehead atoms. The molecule has 0 aromatic carbocycles. The van der Waals surface area contributed by atoms with Crippen LogP contribution in [0.3, 0.4) is 0 Å². The van der Waals surface area contributed by atoms with Crippen molar-refractivity contribution in [1.29, 1.82) is 0 Å². The molecule has 114 valence electrons. The zero-order chi connectivity index (χ0) is 13.9. The monoisotopic (exact) mass is 275 g/mol. The van der Waals surface area contributed by atoms with Crippen LogP contribution in [0.15, 0.2) is 0 Å². The van der Waals surface area contributed by atoms with E-state index in [-0.39, 0.29) is 0 Å². The van der Waals surface area contributed by atoms with Gasteiger partial charge in [-0.25, -0.2) is 0 Å². The molecule has 1 rings (SSSR count). The van der Waals surface area contributed by atoms with Gasteiger partial charge in [0.1, 0.15) is 0 Å². The second-order valence-corrected chi connectivity index (χ2v) is 5.13. The van der Waals surface area contributed by atoms with E-state index in [9.17, 15) is 5.11 Å². The van der Waals surface area contributed by atoms with Gasteiger partial charge in [0, 0.05) is 26.3 Å². The Balaban J connectivity index is 1.82. The van der Waals surface area contributed by atoms with Crippen molar-refractivity contribution in [3.8, 4) is 0 Å². The Morgan fingerprint density at radius 1 is 1.21 bits per heavy atom. The Hall–Kier alpha value is -0.200. The Morgan fingerprint density at radius 2 is 1.95 bits per heavy atom. The number of methoxy groups -OCH3 is 1. The van der Waals surface area contributed by atoms with Gasteiger partial charge in [-0.1, -0.05) is 13.3 Å². The topological polar surface area (TPSA) is 60.0 Å². The first-order chi connectivity index (χ1) is 9.26. The molecule has 0 aromatic rings. The van der Waals surface area contributed by atoms with Gasteiger partial charge in [-0.05, 0) is 19.3 Å². The summed E-state index contributed by atoms with van der Waals surface area (Å²) in [5.74, 6) is 0. The minimum Gasteiger partial charge on any atom is -0.389 e. The first-order valence-electron chi connectivity index (χ1n) is 7.36. The van der Waals surface area contributed by atoms with Gasteiger partial charge in [-0.15, -0.1) is 0 Å². The van der Waals surface area contributed by atoms with E-state index < -0.39 is 6.10 Å². The lowest BCUT2D eigenvalue weighted by Crippen LogP contribution is -2.47. The highest BCUT2D eigenvalue weighted by atomic mass is 16.5. The number of aliphatic hydroxyl groups is 1. The molecule has 1 saturated carbocycles. The molecule has 1 atom stereocenters. The van der Waals surface area contributed by atoms with E-state index >= 15 is 0 Å². The predicted octanol–water partition coefficient (Wildman–Crippen LogP) is 0.948. The smallest absolute Gasteiger partial charge is 0.0897 e. The van der Waals surface area contributed by atoms with Gasteiger partial charge in [0.2, 0.25) is 0 Å². The SMILES string of the molecule is CCCCOCCOCC(O)CNC1CC(OC)C1. The molecule has 2 N–H and O–H groups in total. The van der Waals surface area contributed by atoms with Crippen LogP contribution >= 0.6 is 0 Å². The van der Waals surface area contributed by atoms with Gasteiger partial charge in [0.05, 0.1) is 32.0 Å². The lowest BCUT2D eigenvalue weighted by Gasteiger charge is -2.35. The molecule has 19 heavy (non-hydrogen) atoms. The summed E-state index contributed by atoms with van der Waals surface area (Å²) in [5, 5.41) is 13.0. The van der Waals surface area contributed by atoms with Crippen LogP contribution in [0.5, 0.6) is 0 Å². The van der Waals surface area contributed by atoms with E-state index in [4.69, 9.17) is 14.2 Å². The summed E-state index contributed by atoms with van der Waals surface area (Å²) < 4.78 is 15.9. The van der Waals surface area contributed by atoms with Crippen molar-refractivity contribution >= 4 is 0 Å². The van der Waals surface area contributed by atoms with Crippen LogP contribution < -0.4 is 5.32 Å². The summed E-state index contributed by atoms with van der Waals surface area (Å²) in [6.45, 7) is 5.04.